The van der Waals surface area contributed by atoms with Gasteiger partial charge in [0.15, 0.2) is 11.5 Å². The second-order valence-electron chi connectivity index (χ2n) is 4.82. The molecule has 0 saturated heterocycles. The molecule has 1 aliphatic rings. The molecule has 0 radical (unpaired) electrons. The molecule has 0 bridgehead atoms. The topological polar surface area (TPSA) is 31.4 Å². The van der Waals surface area contributed by atoms with E-state index >= 15 is 0 Å². The van der Waals surface area contributed by atoms with Gasteiger partial charge in [0.2, 0.25) is 0 Å². The summed E-state index contributed by atoms with van der Waals surface area (Å²) >= 11 is 7.15. The Morgan fingerprint density at radius 1 is 1.44 bits per heavy atom. The Balaban J connectivity index is 1.93. The van der Waals surface area contributed by atoms with Gasteiger partial charge in [-0.2, -0.15) is 4.98 Å². The van der Waals surface area contributed by atoms with Gasteiger partial charge in [-0.05, 0) is 19.9 Å². The van der Waals surface area contributed by atoms with Crippen LogP contribution in [0.4, 0.5) is 0 Å². The predicted octanol–water partition coefficient (Wildman–Crippen LogP) is 4.30. The van der Waals surface area contributed by atoms with Crippen molar-refractivity contribution in [3.63, 3.8) is 0 Å². The van der Waals surface area contributed by atoms with Gasteiger partial charge in [-0.3, -0.25) is 0 Å². The normalized spacial score (nSPS) is 16.2. The van der Waals surface area contributed by atoms with E-state index in [1.165, 1.54) is 16.9 Å². The first-order valence-electron chi connectivity index (χ1n) is 5.63. The molecule has 0 spiro atoms. The van der Waals surface area contributed by atoms with Crippen LogP contribution in [0.1, 0.15) is 19.4 Å². The molecule has 0 N–H and O–H groups in total. The highest BCUT2D eigenvalue weighted by Crippen LogP contribution is 2.43. The van der Waals surface area contributed by atoms with Crippen LogP contribution in [-0.4, -0.2) is 10.6 Å². The molecule has 94 valence electrons. The Morgan fingerprint density at radius 2 is 2.28 bits per heavy atom. The van der Waals surface area contributed by atoms with Crippen LogP contribution in [0.15, 0.2) is 23.6 Å². The summed E-state index contributed by atoms with van der Waals surface area (Å²) in [7, 11) is 0. The zero-order chi connectivity index (χ0) is 12.8. The summed E-state index contributed by atoms with van der Waals surface area (Å²) in [6.07, 6.45) is 0.887. The summed E-state index contributed by atoms with van der Waals surface area (Å²) in [6, 6.07) is 5.91. The highest BCUT2D eigenvalue weighted by molar-refractivity contribution is 7.11. The second-order valence-corrected chi connectivity index (χ2v) is 6.03. The van der Waals surface area contributed by atoms with Crippen LogP contribution in [-0.2, 0) is 6.42 Å². The van der Waals surface area contributed by atoms with E-state index in [0.717, 1.165) is 12.2 Å². The molecule has 5 heteroatoms. The van der Waals surface area contributed by atoms with Crippen molar-refractivity contribution in [1.82, 2.24) is 4.98 Å². The lowest BCUT2D eigenvalue weighted by Gasteiger charge is -2.17. The van der Waals surface area contributed by atoms with Crippen LogP contribution < -0.4 is 9.47 Å². The van der Waals surface area contributed by atoms with E-state index in [1.54, 1.807) is 5.38 Å². The molecule has 0 atom stereocenters. The number of para-hydroxylation sites is 1. The smallest absolute Gasteiger partial charge is 0.280 e. The van der Waals surface area contributed by atoms with E-state index in [2.05, 4.69) is 24.9 Å². The third-order valence-corrected chi connectivity index (χ3v) is 3.75. The summed E-state index contributed by atoms with van der Waals surface area (Å²) < 4.78 is 11.7. The number of rotatable bonds is 2. The molecular formula is C13H12ClNO2S. The van der Waals surface area contributed by atoms with E-state index in [1.807, 2.05) is 12.1 Å². The fourth-order valence-electron chi connectivity index (χ4n) is 2.05. The molecule has 3 nitrogen and oxygen atoms in total. The van der Waals surface area contributed by atoms with Crippen molar-refractivity contribution in [2.45, 2.75) is 25.9 Å². The first-order valence-corrected chi connectivity index (χ1v) is 6.89. The lowest BCUT2D eigenvalue weighted by Crippen LogP contribution is -2.24. The van der Waals surface area contributed by atoms with Crippen molar-refractivity contribution in [2.75, 3.05) is 0 Å². The number of nitrogens with zero attached hydrogens (tertiary/aromatic N) is 1. The molecule has 1 aliphatic heterocycles. The van der Waals surface area contributed by atoms with Gasteiger partial charge >= 0.3 is 0 Å². The van der Waals surface area contributed by atoms with Crippen LogP contribution in [0.25, 0.3) is 0 Å². The highest BCUT2D eigenvalue weighted by atomic mass is 35.5. The van der Waals surface area contributed by atoms with Crippen molar-refractivity contribution >= 4 is 22.9 Å². The fourth-order valence-corrected chi connectivity index (χ4v) is 2.85. The Morgan fingerprint density at radius 3 is 3.00 bits per heavy atom. The minimum absolute atomic E-state index is 0.178. The number of hydrogen-bond donors (Lipinski definition) is 0. The van der Waals surface area contributed by atoms with Gasteiger partial charge in [0.1, 0.15) is 10.8 Å². The largest absolute Gasteiger partial charge is 0.483 e. The highest BCUT2D eigenvalue weighted by Gasteiger charge is 2.32. The molecule has 0 aliphatic carbocycles. The number of aromatic nitrogens is 1. The van der Waals surface area contributed by atoms with Gasteiger partial charge in [-0.1, -0.05) is 35.1 Å². The predicted molar refractivity (Wildman–Crippen MR) is 72.1 cm³/mol. The third-order valence-electron chi connectivity index (χ3n) is 2.71. The van der Waals surface area contributed by atoms with Crippen molar-refractivity contribution in [1.29, 1.82) is 0 Å². The quantitative estimate of drug-likeness (QED) is 0.822. The van der Waals surface area contributed by atoms with E-state index in [0.29, 0.717) is 16.1 Å². The van der Waals surface area contributed by atoms with Crippen LogP contribution in [0.5, 0.6) is 16.7 Å². The molecule has 0 fully saturated rings. The number of hydrogen-bond acceptors (Lipinski definition) is 4. The summed E-state index contributed by atoms with van der Waals surface area (Å²) in [5, 5.41) is 2.72. The second kappa shape index (κ2) is 4.14. The van der Waals surface area contributed by atoms with Gasteiger partial charge in [-0.15, -0.1) is 0 Å². The third kappa shape index (κ3) is 2.18. The molecule has 2 aromatic rings. The van der Waals surface area contributed by atoms with Crippen molar-refractivity contribution in [3.8, 4) is 16.7 Å². The lowest BCUT2D eigenvalue weighted by molar-refractivity contribution is 0.135. The Labute approximate surface area is 114 Å². The first-order chi connectivity index (χ1) is 8.53. The lowest BCUT2D eigenvalue weighted by atomic mass is 10.0. The minimum atomic E-state index is -0.178. The molecule has 0 unspecified atom stereocenters. The Bertz CT molecular complexity index is 594. The van der Waals surface area contributed by atoms with Crippen LogP contribution in [0, 0.1) is 0 Å². The number of halogens is 1. The Kier molecular flexibility index (Phi) is 2.72. The number of thiazole rings is 1. The maximum absolute atomic E-state index is 5.92. The molecule has 2 heterocycles. The monoisotopic (exact) mass is 281 g/mol. The average molecular weight is 282 g/mol. The van der Waals surface area contributed by atoms with Gasteiger partial charge < -0.3 is 9.47 Å². The summed E-state index contributed by atoms with van der Waals surface area (Å²) in [5.41, 5.74) is 0.989. The van der Waals surface area contributed by atoms with Gasteiger partial charge in [0.05, 0.1) is 0 Å². The van der Waals surface area contributed by atoms with Crippen LogP contribution in [0.3, 0.4) is 0 Å². The van der Waals surface area contributed by atoms with E-state index < -0.39 is 0 Å². The van der Waals surface area contributed by atoms with Gasteiger partial charge in [0.25, 0.3) is 5.19 Å². The fraction of sp³-hybridized carbons (Fsp3) is 0.308. The minimum Gasteiger partial charge on any atom is -0.483 e. The van der Waals surface area contributed by atoms with Crippen LogP contribution >= 0.6 is 22.9 Å². The number of benzene rings is 1. The van der Waals surface area contributed by atoms with Crippen molar-refractivity contribution in [2.24, 2.45) is 0 Å². The molecule has 0 amide bonds. The van der Waals surface area contributed by atoms with E-state index in [-0.39, 0.29) is 5.60 Å². The molecular weight excluding hydrogens is 270 g/mol. The zero-order valence-corrected chi connectivity index (χ0v) is 11.6. The van der Waals surface area contributed by atoms with Crippen LogP contribution in [0.2, 0.25) is 5.15 Å². The molecule has 3 rings (SSSR count). The van der Waals surface area contributed by atoms with Crippen molar-refractivity contribution < 1.29 is 9.47 Å². The zero-order valence-electron chi connectivity index (χ0n) is 10.1. The first kappa shape index (κ1) is 11.8. The van der Waals surface area contributed by atoms with Gasteiger partial charge in [0, 0.05) is 17.4 Å². The SMILES string of the molecule is CC1(C)Cc2cccc(Oc3nc(Cl)cs3)c2O1. The summed E-state index contributed by atoms with van der Waals surface area (Å²) in [6.45, 7) is 4.13. The number of ether oxygens (including phenoxy) is 2. The standard InChI is InChI=1S/C13H12ClNO2S/c1-13(2)6-8-4-3-5-9(11(8)17-13)16-12-15-10(14)7-18-12/h3-5,7H,6H2,1-2H3. The summed E-state index contributed by atoms with van der Waals surface area (Å²) in [5.74, 6) is 1.51. The maximum Gasteiger partial charge on any atom is 0.280 e. The van der Waals surface area contributed by atoms with Crippen molar-refractivity contribution in [3.05, 3.63) is 34.3 Å². The number of fused-ring (bicyclic) bond motifs is 1. The van der Waals surface area contributed by atoms with E-state index in [9.17, 15) is 0 Å². The molecule has 1 aromatic carbocycles. The molecule has 0 saturated carbocycles. The molecule has 18 heavy (non-hydrogen) atoms. The summed E-state index contributed by atoms with van der Waals surface area (Å²) in [4.78, 5) is 4.07. The average Bonchev–Trinajstić information content (AvgIpc) is 2.81. The Hall–Kier alpha value is -1.26. The van der Waals surface area contributed by atoms with E-state index in [4.69, 9.17) is 21.1 Å². The maximum atomic E-state index is 5.92. The van der Waals surface area contributed by atoms with Gasteiger partial charge in [-0.25, -0.2) is 0 Å². The molecule has 1 aromatic heterocycles.